The summed E-state index contributed by atoms with van der Waals surface area (Å²) in [6, 6.07) is 4.30. The first-order valence-electron chi connectivity index (χ1n) is 9.68. The standard InChI is InChI=1S/C20H23N5O3/c1-12-7-18(24-19(22-12)28-14-3-6-27-10-14)25-11-20(4-5-20)15-9-21-17(8-16(15)25)23-13(2)26/h7-9,14H,3-6,10-11H2,1-2H3,(H,21,23,26). The largest absolute Gasteiger partial charge is 0.458 e. The number of rotatable bonds is 4. The molecule has 3 aliphatic rings. The SMILES string of the molecule is CC(=O)Nc1cc2c(cn1)C1(CC1)CN2c1cc(C)nc(OC2CCOC2)n1. The van der Waals surface area contributed by atoms with E-state index in [1.807, 2.05) is 25.3 Å². The molecule has 1 N–H and O–H groups in total. The van der Waals surface area contributed by atoms with Crippen LogP contribution in [0, 0.1) is 6.92 Å². The molecule has 1 saturated carbocycles. The highest BCUT2D eigenvalue weighted by atomic mass is 16.6. The van der Waals surface area contributed by atoms with E-state index in [-0.39, 0.29) is 17.4 Å². The summed E-state index contributed by atoms with van der Waals surface area (Å²) in [6.07, 6.45) is 5.05. The Morgan fingerprint density at radius 1 is 1.36 bits per heavy atom. The van der Waals surface area contributed by atoms with E-state index < -0.39 is 0 Å². The van der Waals surface area contributed by atoms with Crippen LogP contribution < -0.4 is 15.0 Å². The summed E-state index contributed by atoms with van der Waals surface area (Å²) in [7, 11) is 0. The third-order valence-electron chi connectivity index (χ3n) is 5.62. The van der Waals surface area contributed by atoms with Crippen LogP contribution in [0.2, 0.25) is 0 Å². The fourth-order valence-corrected chi connectivity index (χ4v) is 4.05. The van der Waals surface area contributed by atoms with Gasteiger partial charge in [-0.3, -0.25) is 4.79 Å². The summed E-state index contributed by atoms with van der Waals surface area (Å²) in [6.45, 7) is 5.58. The second-order valence-electron chi connectivity index (χ2n) is 7.89. The minimum Gasteiger partial charge on any atom is -0.458 e. The van der Waals surface area contributed by atoms with E-state index in [4.69, 9.17) is 14.5 Å². The lowest BCUT2D eigenvalue weighted by Crippen LogP contribution is -2.22. The normalized spacial score (nSPS) is 21.6. The molecule has 1 unspecified atom stereocenters. The number of carbonyl (C=O) groups excluding carboxylic acids is 1. The quantitative estimate of drug-likeness (QED) is 0.870. The third kappa shape index (κ3) is 3.07. The van der Waals surface area contributed by atoms with E-state index in [1.165, 1.54) is 12.5 Å². The first-order chi connectivity index (χ1) is 13.5. The van der Waals surface area contributed by atoms with E-state index in [1.54, 1.807) is 0 Å². The van der Waals surface area contributed by atoms with Crippen molar-refractivity contribution in [3.63, 3.8) is 0 Å². The predicted octanol–water partition coefficient (Wildman–Crippen LogP) is 2.49. The molecular weight excluding hydrogens is 358 g/mol. The first kappa shape index (κ1) is 17.4. The minimum absolute atomic E-state index is 0.00542. The molecule has 2 aliphatic heterocycles. The van der Waals surface area contributed by atoms with Crippen molar-refractivity contribution in [3.05, 3.63) is 29.6 Å². The minimum atomic E-state index is -0.134. The molecule has 2 fully saturated rings. The van der Waals surface area contributed by atoms with Crippen LogP contribution in [-0.4, -0.2) is 46.7 Å². The second kappa shape index (κ2) is 6.41. The molecule has 2 aromatic heterocycles. The number of pyridine rings is 1. The van der Waals surface area contributed by atoms with Crippen LogP contribution in [0.25, 0.3) is 0 Å². The molecule has 4 heterocycles. The highest BCUT2D eigenvalue weighted by Crippen LogP contribution is 2.58. The van der Waals surface area contributed by atoms with Crippen LogP contribution >= 0.6 is 0 Å². The number of fused-ring (bicyclic) bond motifs is 2. The maximum Gasteiger partial charge on any atom is 0.318 e. The van der Waals surface area contributed by atoms with Gasteiger partial charge in [-0.2, -0.15) is 4.98 Å². The van der Waals surface area contributed by atoms with Gasteiger partial charge in [-0.15, -0.1) is 0 Å². The maximum atomic E-state index is 11.4. The van der Waals surface area contributed by atoms with Crippen molar-refractivity contribution < 1.29 is 14.3 Å². The van der Waals surface area contributed by atoms with Crippen molar-refractivity contribution in [2.45, 2.75) is 44.6 Å². The fraction of sp³-hybridized carbons (Fsp3) is 0.500. The predicted molar refractivity (Wildman–Crippen MR) is 103 cm³/mol. The number of nitrogens with zero attached hydrogens (tertiary/aromatic N) is 4. The van der Waals surface area contributed by atoms with Gasteiger partial charge in [0.2, 0.25) is 5.91 Å². The molecular formula is C20H23N5O3. The number of nitrogens with one attached hydrogen (secondary N) is 1. The van der Waals surface area contributed by atoms with E-state index in [9.17, 15) is 4.79 Å². The molecule has 1 spiro atoms. The molecule has 146 valence electrons. The van der Waals surface area contributed by atoms with Crippen molar-refractivity contribution in [2.75, 3.05) is 30.0 Å². The summed E-state index contributed by atoms with van der Waals surface area (Å²) in [5.74, 6) is 1.23. The van der Waals surface area contributed by atoms with Gasteiger partial charge in [0.15, 0.2) is 0 Å². The van der Waals surface area contributed by atoms with Gasteiger partial charge in [-0.05, 0) is 19.8 Å². The van der Waals surface area contributed by atoms with Gasteiger partial charge >= 0.3 is 6.01 Å². The Hall–Kier alpha value is -2.74. The van der Waals surface area contributed by atoms with Gasteiger partial charge in [0.05, 0.1) is 18.9 Å². The zero-order chi connectivity index (χ0) is 19.3. The second-order valence-corrected chi connectivity index (χ2v) is 7.89. The zero-order valence-electron chi connectivity index (χ0n) is 16.1. The van der Waals surface area contributed by atoms with Crippen molar-refractivity contribution in [3.8, 4) is 6.01 Å². The number of ether oxygens (including phenoxy) is 2. The maximum absolute atomic E-state index is 11.4. The number of anilines is 3. The number of hydrogen-bond acceptors (Lipinski definition) is 7. The van der Waals surface area contributed by atoms with E-state index >= 15 is 0 Å². The van der Waals surface area contributed by atoms with E-state index in [0.717, 1.165) is 43.0 Å². The monoisotopic (exact) mass is 381 g/mol. The van der Waals surface area contributed by atoms with Gasteiger partial charge < -0.3 is 19.7 Å². The summed E-state index contributed by atoms with van der Waals surface area (Å²) in [4.78, 5) is 27.2. The number of aromatic nitrogens is 3. The van der Waals surface area contributed by atoms with Crippen LogP contribution in [-0.2, 0) is 14.9 Å². The summed E-state index contributed by atoms with van der Waals surface area (Å²) < 4.78 is 11.3. The Morgan fingerprint density at radius 2 is 2.21 bits per heavy atom. The van der Waals surface area contributed by atoms with Crippen LogP contribution in [0.4, 0.5) is 17.3 Å². The average molecular weight is 381 g/mol. The molecule has 28 heavy (non-hydrogen) atoms. The molecule has 0 radical (unpaired) electrons. The lowest BCUT2D eigenvalue weighted by Gasteiger charge is -2.21. The molecule has 0 aromatic carbocycles. The van der Waals surface area contributed by atoms with E-state index in [0.29, 0.717) is 25.0 Å². The summed E-state index contributed by atoms with van der Waals surface area (Å²) >= 11 is 0. The smallest absolute Gasteiger partial charge is 0.318 e. The Labute approximate surface area is 163 Å². The summed E-state index contributed by atoms with van der Waals surface area (Å²) in [5, 5.41) is 2.78. The Balaban J connectivity index is 1.50. The Morgan fingerprint density at radius 3 is 2.93 bits per heavy atom. The molecule has 0 bridgehead atoms. The van der Waals surface area contributed by atoms with Crippen LogP contribution in [0.5, 0.6) is 6.01 Å². The van der Waals surface area contributed by atoms with Crippen LogP contribution in [0.15, 0.2) is 18.3 Å². The highest BCUT2D eigenvalue weighted by molar-refractivity contribution is 5.89. The van der Waals surface area contributed by atoms with Gasteiger partial charge in [0, 0.05) is 54.9 Å². The number of hydrogen-bond donors (Lipinski definition) is 1. The van der Waals surface area contributed by atoms with Gasteiger partial charge in [0.1, 0.15) is 17.7 Å². The average Bonchev–Trinajstić information content (AvgIpc) is 3.10. The fourth-order valence-electron chi connectivity index (χ4n) is 4.05. The van der Waals surface area contributed by atoms with Crippen LogP contribution in [0.1, 0.15) is 37.4 Å². The molecule has 2 aromatic rings. The topological polar surface area (TPSA) is 89.5 Å². The number of aryl methyl sites for hydroxylation is 1. The lowest BCUT2D eigenvalue weighted by molar-refractivity contribution is -0.114. The van der Waals surface area contributed by atoms with E-state index in [2.05, 4.69) is 20.2 Å². The molecule has 1 saturated heterocycles. The molecule has 5 rings (SSSR count). The Kier molecular flexibility index (Phi) is 3.97. The zero-order valence-corrected chi connectivity index (χ0v) is 16.1. The van der Waals surface area contributed by atoms with Crippen molar-refractivity contribution in [2.24, 2.45) is 0 Å². The van der Waals surface area contributed by atoms with Crippen LogP contribution in [0.3, 0.4) is 0 Å². The highest BCUT2D eigenvalue weighted by Gasteiger charge is 2.52. The molecule has 1 amide bonds. The van der Waals surface area contributed by atoms with Gasteiger partial charge in [-0.25, -0.2) is 9.97 Å². The van der Waals surface area contributed by atoms with Gasteiger partial charge in [0.25, 0.3) is 0 Å². The van der Waals surface area contributed by atoms with Crippen molar-refractivity contribution >= 4 is 23.2 Å². The molecule has 1 atom stereocenters. The van der Waals surface area contributed by atoms with Crippen molar-refractivity contribution in [1.82, 2.24) is 15.0 Å². The summed E-state index contributed by atoms with van der Waals surface area (Å²) in [5.41, 5.74) is 3.28. The molecule has 8 nitrogen and oxygen atoms in total. The third-order valence-corrected chi connectivity index (χ3v) is 5.62. The van der Waals surface area contributed by atoms with Gasteiger partial charge in [-0.1, -0.05) is 0 Å². The first-order valence-corrected chi connectivity index (χ1v) is 9.68. The lowest BCUT2D eigenvalue weighted by atomic mass is 10.0. The molecule has 8 heteroatoms. The number of carbonyl (C=O) groups is 1. The Bertz CT molecular complexity index is 937. The molecule has 1 aliphatic carbocycles. The van der Waals surface area contributed by atoms with Crippen molar-refractivity contribution in [1.29, 1.82) is 0 Å². The number of amides is 1.